The average molecular weight is 413 g/mol. The van der Waals surface area contributed by atoms with Gasteiger partial charge < -0.3 is 19.4 Å². The molecule has 5 rings (SSSR count). The Morgan fingerprint density at radius 3 is 2.71 bits per heavy atom. The van der Waals surface area contributed by atoms with Gasteiger partial charge in [-0.05, 0) is 30.3 Å². The van der Waals surface area contributed by atoms with E-state index in [1.165, 1.54) is 12.4 Å². The lowest BCUT2D eigenvalue weighted by Gasteiger charge is -2.23. The lowest BCUT2D eigenvalue weighted by molar-refractivity contribution is 0.0254. The molecule has 1 aliphatic rings. The van der Waals surface area contributed by atoms with Gasteiger partial charge in [-0.3, -0.25) is 4.79 Å². The number of nitriles is 1. The highest BCUT2D eigenvalue weighted by Crippen LogP contribution is 2.32. The van der Waals surface area contributed by atoms with Crippen molar-refractivity contribution in [2.24, 2.45) is 0 Å². The van der Waals surface area contributed by atoms with Gasteiger partial charge in [-0.15, -0.1) is 0 Å². The van der Waals surface area contributed by atoms with Crippen LogP contribution in [0.15, 0.2) is 53.7 Å². The van der Waals surface area contributed by atoms with E-state index < -0.39 is 0 Å². The zero-order chi connectivity index (χ0) is 21.2. The fourth-order valence-electron chi connectivity index (χ4n) is 3.74. The summed E-state index contributed by atoms with van der Waals surface area (Å²) in [7, 11) is 0. The first-order chi connectivity index (χ1) is 15.2. The zero-order valence-electron chi connectivity index (χ0n) is 16.6. The van der Waals surface area contributed by atoms with E-state index in [0.717, 1.165) is 35.0 Å². The Kier molecular flexibility index (Phi) is 4.94. The standard InChI is InChI=1S/C23H19N5O3/c24-11-16-9-14(1-3-20(16)31-17-5-7-30-8-6-17)22-18-10-19(28-23(18)27-13-26-22)15-2-4-21(29)25-12-15/h1-4,9-10,12-13,17H,5-8H2,(H,25,29)(H,26,27,28). The van der Waals surface area contributed by atoms with E-state index >= 15 is 0 Å². The summed E-state index contributed by atoms with van der Waals surface area (Å²) in [4.78, 5) is 26.1. The van der Waals surface area contributed by atoms with Gasteiger partial charge in [-0.2, -0.15) is 5.26 Å². The van der Waals surface area contributed by atoms with Gasteiger partial charge in [0.1, 0.15) is 29.9 Å². The van der Waals surface area contributed by atoms with E-state index in [1.807, 2.05) is 18.2 Å². The number of aromatic amines is 2. The quantitative estimate of drug-likeness (QED) is 0.530. The Hall–Kier alpha value is -3.96. The molecule has 0 bridgehead atoms. The maximum Gasteiger partial charge on any atom is 0.247 e. The fraction of sp³-hybridized carbons (Fsp3) is 0.217. The van der Waals surface area contributed by atoms with E-state index in [1.54, 1.807) is 18.3 Å². The fourth-order valence-corrected chi connectivity index (χ4v) is 3.74. The molecule has 1 aromatic carbocycles. The molecule has 1 aliphatic heterocycles. The molecule has 8 nitrogen and oxygen atoms in total. The van der Waals surface area contributed by atoms with Gasteiger partial charge in [0.2, 0.25) is 5.56 Å². The molecule has 4 heterocycles. The van der Waals surface area contributed by atoms with Crippen molar-refractivity contribution in [1.82, 2.24) is 19.9 Å². The van der Waals surface area contributed by atoms with Crippen LogP contribution in [0, 0.1) is 11.3 Å². The number of hydrogen-bond acceptors (Lipinski definition) is 6. The zero-order valence-corrected chi connectivity index (χ0v) is 16.6. The van der Waals surface area contributed by atoms with E-state index in [-0.39, 0.29) is 11.7 Å². The van der Waals surface area contributed by atoms with Gasteiger partial charge in [0.25, 0.3) is 0 Å². The van der Waals surface area contributed by atoms with Crippen molar-refractivity contribution in [3.8, 4) is 34.3 Å². The summed E-state index contributed by atoms with van der Waals surface area (Å²) in [6, 6.07) is 12.9. The summed E-state index contributed by atoms with van der Waals surface area (Å²) < 4.78 is 11.4. The molecule has 154 valence electrons. The van der Waals surface area contributed by atoms with Crippen LogP contribution in [0.25, 0.3) is 33.5 Å². The summed E-state index contributed by atoms with van der Waals surface area (Å²) in [5, 5.41) is 10.5. The maximum absolute atomic E-state index is 11.3. The largest absolute Gasteiger partial charge is 0.489 e. The summed E-state index contributed by atoms with van der Waals surface area (Å²) in [6.07, 6.45) is 4.83. The van der Waals surface area contributed by atoms with E-state index in [4.69, 9.17) is 9.47 Å². The molecule has 0 atom stereocenters. The van der Waals surface area contributed by atoms with Crippen molar-refractivity contribution < 1.29 is 9.47 Å². The third-order valence-corrected chi connectivity index (χ3v) is 5.36. The number of ether oxygens (including phenoxy) is 2. The smallest absolute Gasteiger partial charge is 0.247 e. The van der Waals surface area contributed by atoms with E-state index in [0.29, 0.717) is 35.9 Å². The Morgan fingerprint density at radius 2 is 1.94 bits per heavy atom. The second kappa shape index (κ2) is 8.05. The van der Waals surface area contributed by atoms with Crippen LogP contribution in [-0.2, 0) is 4.74 Å². The number of nitrogens with zero attached hydrogens (tertiary/aromatic N) is 3. The second-order valence-corrected chi connectivity index (χ2v) is 7.36. The van der Waals surface area contributed by atoms with Crippen LogP contribution < -0.4 is 10.3 Å². The van der Waals surface area contributed by atoms with Crippen LogP contribution in [0.1, 0.15) is 18.4 Å². The number of aromatic nitrogens is 4. The highest BCUT2D eigenvalue weighted by atomic mass is 16.5. The van der Waals surface area contributed by atoms with Crippen molar-refractivity contribution in [3.63, 3.8) is 0 Å². The van der Waals surface area contributed by atoms with Gasteiger partial charge in [0.05, 0.1) is 24.5 Å². The molecular formula is C23H19N5O3. The first kappa shape index (κ1) is 19.0. The van der Waals surface area contributed by atoms with Gasteiger partial charge >= 0.3 is 0 Å². The van der Waals surface area contributed by atoms with Crippen LogP contribution >= 0.6 is 0 Å². The number of fused-ring (bicyclic) bond motifs is 1. The molecule has 2 N–H and O–H groups in total. The molecule has 0 aliphatic carbocycles. The number of H-pyrrole nitrogens is 2. The van der Waals surface area contributed by atoms with Crippen LogP contribution in [0.4, 0.5) is 0 Å². The molecule has 4 aromatic rings. The van der Waals surface area contributed by atoms with E-state index in [2.05, 4.69) is 26.0 Å². The van der Waals surface area contributed by atoms with Crippen molar-refractivity contribution in [1.29, 1.82) is 5.26 Å². The normalized spacial score (nSPS) is 14.4. The molecule has 0 amide bonds. The lowest BCUT2D eigenvalue weighted by atomic mass is 10.0. The molecule has 1 saturated heterocycles. The summed E-state index contributed by atoms with van der Waals surface area (Å²) >= 11 is 0. The first-order valence-corrected chi connectivity index (χ1v) is 10.0. The SMILES string of the molecule is N#Cc1cc(-c2ncnc3[nH]c(-c4ccc(=O)[nH]c4)cc23)ccc1OC1CCOCC1. The van der Waals surface area contributed by atoms with Gasteiger partial charge in [-0.1, -0.05) is 0 Å². The predicted molar refractivity (Wildman–Crippen MR) is 115 cm³/mol. The Balaban J connectivity index is 1.52. The van der Waals surface area contributed by atoms with Crippen molar-refractivity contribution in [2.45, 2.75) is 18.9 Å². The minimum absolute atomic E-state index is 0.0574. The minimum atomic E-state index is -0.160. The molecule has 0 spiro atoms. The number of benzene rings is 1. The predicted octanol–water partition coefficient (Wildman–Crippen LogP) is 3.41. The minimum Gasteiger partial charge on any atom is -0.489 e. The van der Waals surface area contributed by atoms with Gasteiger partial charge in [0, 0.05) is 47.3 Å². The first-order valence-electron chi connectivity index (χ1n) is 10.0. The monoisotopic (exact) mass is 413 g/mol. The van der Waals surface area contributed by atoms with Gasteiger partial charge in [-0.25, -0.2) is 9.97 Å². The highest BCUT2D eigenvalue weighted by molar-refractivity contribution is 5.94. The molecule has 3 aromatic heterocycles. The number of rotatable bonds is 4. The van der Waals surface area contributed by atoms with Crippen LogP contribution in [-0.4, -0.2) is 39.3 Å². The molecule has 0 saturated carbocycles. The van der Waals surface area contributed by atoms with Crippen molar-refractivity contribution in [3.05, 3.63) is 64.8 Å². The molecule has 1 fully saturated rings. The maximum atomic E-state index is 11.3. The average Bonchev–Trinajstić information content (AvgIpc) is 3.25. The summed E-state index contributed by atoms with van der Waals surface area (Å²) in [6.45, 7) is 1.35. The van der Waals surface area contributed by atoms with Gasteiger partial charge in [0.15, 0.2) is 0 Å². The van der Waals surface area contributed by atoms with Crippen molar-refractivity contribution >= 4 is 11.0 Å². The Bertz CT molecular complexity index is 1330. The second-order valence-electron chi connectivity index (χ2n) is 7.36. The Labute approximate surface area is 177 Å². The third-order valence-electron chi connectivity index (χ3n) is 5.36. The number of pyridine rings is 1. The highest BCUT2D eigenvalue weighted by Gasteiger charge is 2.18. The number of hydrogen-bond donors (Lipinski definition) is 2. The third kappa shape index (κ3) is 3.79. The Morgan fingerprint density at radius 1 is 1.10 bits per heavy atom. The molecule has 0 radical (unpaired) electrons. The number of nitrogens with one attached hydrogen (secondary N) is 2. The molecular weight excluding hydrogens is 394 g/mol. The topological polar surface area (TPSA) is 117 Å². The van der Waals surface area contributed by atoms with Crippen molar-refractivity contribution in [2.75, 3.05) is 13.2 Å². The molecule has 0 unspecified atom stereocenters. The summed E-state index contributed by atoms with van der Waals surface area (Å²) in [5.41, 5.74) is 4.14. The summed E-state index contributed by atoms with van der Waals surface area (Å²) in [5.74, 6) is 0.575. The lowest BCUT2D eigenvalue weighted by Crippen LogP contribution is -2.26. The molecule has 8 heteroatoms. The van der Waals surface area contributed by atoms with Crippen LogP contribution in [0.2, 0.25) is 0 Å². The van der Waals surface area contributed by atoms with E-state index in [9.17, 15) is 10.1 Å². The molecule has 31 heavy (non-hydrogen) atoms. The van der Waals surface area contributed by atoms with Crippen LogP contribution in [0.3, 0.4) is 0 Å². The van der Waals surface area contributed by atoms with Crippen LogP contribution in [0.5, 0.6) is 5.75 Å².